The number of ether oxygens (including phenoxy) is 1. The molecule has 0 bridgehead atoms. The molecule has 2 rings (SSSR count). The second-order valence-electron chi connectivity index (χ2n) is 3.55. The van der Waals surface area contributed by atoms with Crippen LogP contribution in [-0.4, -0.2) is 19.2 Å². The molecule has 0 N–H and O–H groups in total. The Hall–Kier alpha value is -1.03. The minimum atomic E-state index is -0.248. The molecule has 1 heterocycles. The zero-order valence-corrected chi connectivity index (χ0v) is 10.1. The van der Waals surface area contributed by atoms with Crippen molar-refractivity contribution < 1.29 is 9.53 Å². The Bertz CT molecular complexity index is 392. The van der Waals surface area contributed by atoms with Crippen molar-refractivity contribution in [1.82, 2.24) is 0 Å². The molecule has 1 aliphatic rings. The average Bonchev–Trinajstić information content (AvgIpc) is 2.23. The molecular formula is C11H12BrNO2. The van der Waals surface area contributed by atoms with E-state index < -0.39 is 0 Å². The molecule has 15 heavy (non-hydrogen) atoms. The van der Waals surface area contributed by atoms with E-state index in [0.29, 0.717) is 6.61 Å². The van der Waals surface area contributed by atoms with Crippen molar-refractivity contribution in [3.05, 3.63) is 28.2 Å². The van der Waals surface area contributed by atoms with Gasteiger partial charge < -0.3 is 4.74 Å². The number of hydrogen-bond acceptors (Lipinski definition) is 2. The van der Waals surface area contributed by atoms with Crippen molar-refractivity contribution in [3.8, 4) is 0 Å². The number of benzene rings is 1. The summed E-state index contributed by atoms with van der Waals surface area (Å²) < 4.78 is 5.99. The Morgan fingerprint density at radius 2 is 2.27 bits per heavy atom. The molecule has 1 aromatic carbocycles. The third-order valence-corrected chi connectivity index (χ3v) is 2.93. The summed E-state index contributed by atoms with van der Waals surface area (Å²) >= 11 is 3.40. The van der Waals surface area contributed by atoms with Gasteiger partial charge in [0.2, 0.25) is 0 Å². The highest BCUT2D eigenvalue weighted by Gasteiger charge is 2.22. The highest BCUT2D eigenvalue weighted by Crippen LogP contribution is 2.26. The molecule has 0 spiro atoms. The number of nitrogens with zero attached hydrogens (tertiary/aromatic N) is 1. The van der Waals surface area contributed by atoms with E-state index in [4.69, 9.17) is 4.74 Å². The van der Waals surface area contributed by atoms with Gasteiger partial charge >= 0.3 is 6.09 Å². The molecule has 1 amide bonds. The van der Waals surface area contributed by atoms with Gasteiger partial charge in [0, 0.05) is 11.0 Å². The Labute approximate surface area is 97.2 Å². The quantitative estimate of drug-likeness (QED) is 0.784. The lowest BCUT2D eigenvalue weighted by atomic mass is 10.2. The number of cyclic esters (lactones) is 1. The van der Waals surface area contributed by atoms with Crippen LogP contribution < -0.4 is 4.90 Å². The largest absolute Gasteiger partial charge is 0.449 e. The lowest BCUT2D eigenvalue weighted by Gasteiger charge is -2.27. The number of carbonyl (C=O) groups excluding carboxylic acids is 1. The molecule has 0 radical (unpaired) electrons. The van der Waals surface area contributed by atoms with Crippen molar-refractivity contribution >= 4 is 27.7 Å². The Morgan fingerprint density at radius 3 is 3.00 bits per heavy atom. The lowest BCUT2D eigenvalue weighted by molar-refractivity contribution is 0.140. The van der Waals surface area contributed by atoms with Gasteiger partial charge in [-0.2, -0.15) is 0 Å². The first kappa shape index (κ1) is 10.5. The lowest BCUT2D eigenvalue weighted by Crippen LogP contribution is -2.38. The molecule has 80 valence electrons. The van der Waals surface area contributed by atoms with Crippen molar-refractivity contribution in [2.45, 2.75) is 13.3 Å². The topological polar surface area (TPSA) is 29.5 Å². The average molecular weight is 270 g/mol. The third-order valence-electron chi connectivity index (χ3n) is 2.43. The molecular weight excluding hydrogens is 258 g/mol. The van der Waals surface area contributed by atoms with E-state index in [1.165, 1.54) is 0 Å². The van der Waals surface area contributed by atoms with Crippen LogP contribution in [-0.2, 0) is 4.74 Å². The Morgan fingerprint density at radius 1 is 1.47 bits per heavy atom. The van der Waals surface area contributed by atoms with Gasteiger partial charge in [-0.1, -0.05) is 22.0 Å². The fourth-order valence-corrected chi connectivity index (χ4v) is 1.99. The van der Waals surface area contributed by atoms with Gasteiger partial charge in [-0.05, 0) is 31.0 Å². The molecule has 0 saturated carbocycles. The Balaban J connectivity index is 2.34. The van der Waals surface area contributed by atoms with E-state index in [0.717, 1.165) is 28.7 Å². The van der Waals surface area contributed by atoms with Crippen LogP contribution in [0.3, 0.4) is 0 Å². The first-order valence-electron chi connectivity index (χ1n) is 4.89. The summed E-state index contributed by atoms with van der Waals surface area (Å²) in [7, 11) is 0. The maximum absolute atomic E-state index is 11.5. The zero-order chi connectivity index (χ0) is 10.8. The molecule has 3 nitrogen and oxygen atoms in total. The summed E-state index contributed by atoms with van der Waals surface area (Å²) in [5, 5.41) is 0. The van der Waals surface area contributed by atoms with Crippen LogP contribution in [0, 0.1) is 6.92 Å². The van der Waals surface area contributed by atoms with E-state index in [-0.39, 0.29) is 6.09 Å². The molecule has 0 aromatic heterocycles. The zero-order valence-electron chi connectivity index (χ0n) is 8.50. The van der Waals surface area contributed by atoms with Gasteiger partial charge in [-0.15, -0.1) is 0 Å². The first-order valence-corrected chi connectivity index (χ1v) is 5.68. The highest BCUT2D eigenvalue weighted by molar-refractivity contribution is 9.10. The molecule has 1 fully saturated rings. The van der Waals surface area contributed by atoms with Crippen molar-refractivity contribution in [2.24, 2.45) is 0 Å². The van der Waals surface area contributed by atoms with Crippen molar-refractivity contribution in [1.29, 1.82) is 0 Å². The fraction of sp³-hybridized carbons (Fsp3) is 0.364. The van der Waals surface area contributed by atoms with Crippen LogP contribution >= 0.6 is 15.9 Å². The SMILES string of the molecule is Cc1ccc(Br)cc1N1CCCOC1=O. The number of rotatable bonds is 1. The maximum Gasteiger partial charge on any atom is 0.414 e. The first-order chi connectivity index (χ1) is 7.18. The maximum atomic E-state index is 11.5. The summed E-state index contributed by atoms with van der Waals surface area (Å²) in [6, 6.07) is 5.90. The van der Waals surface area contributed by atoms with Gasteiger partial charge in [-0.3, -0.25) is 4.90 Å². The number of halogens is 1. The minimum Gasteiger partial charge on any atom is -0.449 e. The molecule has 4 heteroatoms. The van der Waals surface area contributed by atoms with Crippen LogP contribution in [0.1, 0.15) is 12.0 Å². The molecule has 1 saturated heterocycles. The van der Waals surface area contributed by atoms with Gasteiger partial charge in [0.25, 0.3) is 0 Å². The van der Waals surface area contributed by atoms with Gasteiger partial charge in [0.1, 0.15) is 0 Å². The van der Waals surface area contributed by atoms with Crippen LogP contribution in [0.4, 0.5) is 10.5 Å². The van der Waals surface area contributed by atoms with Crippen molar-refractivity contribution in [3.63, 3.8) is 0 Å². The minimum absolute atomic E-state index is 0.248. The van der Waals surface area contributed by atoms with Crippen LogP contribution in [0.2, 0.25) is 0 Å². The van der Waals surface area contributed by atoms with Crippen LogP contribution in [0.5, 0.6) is 0 Å². The smallest absolute Gasteiger partial charge is 0.414 e. The summed E-state index contributed by atoms with van der Waals surface area (Å²) in [5.74, 6) is 0. The summed E-state index contributed by atoms with van der Waals surface area (Å²) in [6.45, 7) is 3.25. The Kier molecular flexibility index (Phi) is 2.95. The number of aryl methyl sites for hydroxylation is 1. The van der Waals surface area contributed by atoms with Gasteiger partial charge in [0.05, 0.1) is 12.3 Å². The normalized spacial score (nSPS) is 16.4. The van der Waals surface area contributed by atoms with Gasteiger partial charge in [0.15, 0.2) is 0 Å². The van der Waals surface area contributed by atoms with Crippen LogP contribution in [0.25, 0.3) is 0 Å². The molecule has 0 unspecified atom stereocenters. The van der Waals surface area contributed by atoms with Gasteiger partial charge in [-0.25, -0.2) is 4.79 Å². The second-order valence-corrected chi connectivity index (χ2v) is 4.47. The van der Waals surface area contributed by atoms with E-state index in [1.807, 2.05) is 25.1 Å². The number of carbonyl (C=O) groups is 1. The van der Waals surface area contributed by atoms with Crippen LogP contribution in [0.15, 0.2) is 22.7 Å². The number of hydrogen-bond donors (Lipinski definition) is 0. The standard InChI is InChI=1S/C11H12BrNO2/c1-8-3-4-9(12)7-10(8)13-5-2-6-15-11(13)14/h3-4,7H,2,5-6H2,1H3. The predicted octanol–water partition coefficient (Wildman–Crippen LogP) is 3.10. The summed E-state index contributed by atoms with van der Waals surface area (Å²) in [5.41, 5.74) is 2.01. The van der Waals surface area contributed by atoms with E-state index >= 15 is 0 Å². The fourth-order valence-electron chi connectivity index (χ4n) is 1.64. The monoisotopic (exact) mass is 269 g/mol. The van der Waals surface area contributed by atoms with E-state index in [9.17, 15) is 4.79 Å². The highest BCUT2D eigenvalue weighted by atomic mass is 79.9. The third kappa shape index (κ3) is 2.15. The van der Waals surface area contributed by atoms with Crippen molar-refractivity contribution in [2.75, 3.05) is 18.1 Å². The predicted molar refractivity (Wildman–Crippen MR) is 62.2 cm³/mol. The summed E-state index contributed by atoms with van der Waals surface area (Å²) in [4.78, 5) is 13.2. The molecule has 1 aromatic rings. The molecule has 0 aliphatic carbocycles. The molecule has 0 atom stereocenters. The number of amides is 1. The van der Waals surface area contributed by atoms with E-state index in [2.05, 4.69) is 15.9 Å². The van der Waals surface area contributed by atoms with E-state index in [1.54, 1.807) is 4.90 Å². The second kappa shape index (κ2) is 4.23. The summed E-state index contributed by atoms with van der Waals surface area (Å²) in [6.07, 6.45) is 0.639. The molecule has 1 aliphatic heterocycles. The number of anilines is 1.